The summed E-state index contributed by atoms with van der Waals surface area (Å²) in [6.45, 7) is 0.0157. The number of aromatic nitrogens is 1. The van der Waals surface area contributed by atoms with Crippen molar-refractivity contribution in [3.8, 4) is 0 Å². The van der Waals surface area contributed by atoms with E-state index in [1.807, 2.05) is 0 Å². The molecule has 0 bridgehead atoms. The van der Waals surface area contributed by atoms with Crippen LogP contribution in [-0.2, 0) is 27.1 Å². The van der Waals surface area contributed by atoms with Crippen molar-refractivity contribution in [2.24, 2.45) is 5.92 Å². The van der Waals surface area contributed by atoms with Gasteiger partial charge in [0.05, 0.1) is 28.6 Å². The number of pyridine rings is 1. The summed E-state index contributed by atoms with van der Waals surface area (Å²) in [5.74, 6) is 0.0610. The van der Waals surface area contributed by atoms with Crippen LogP contribution in [0.5, 0.6) is 0 Å². The molecule has 0 radical (unpaired) electrons. The Kier molecular flexibility index (Phi) is 6.17. The maximum absolute atomic E-state index is 12.5. The molecule has 0 fully saturated rings. The number of rotatable bonds is 6. The molecule has 0 aliphatic heterocycles. The summed E-state index contributed by atoms with van der Waals surface area (Å²) in [6.07, 6.45) is 0.902. The molecule has 0 amide bonds. The predicted molar refractivity (Wildman–Crippen MR) is 84.3 cm³/mol. The highest BCUT2D eigenvalue weighted by Crippen LogP contribution is 2.28. The van der Waals surface area contributed by atoms with Crippen molar-refractivity contribution in [1.82, 2.24) is 4.98 Å². The number of ether oxygens (including phenoxy) is 2. The van der Waals surface area contributed by atoms with E-state index in [4.69, 9.17) is 9.47 Å². The first kappa shape index (κ1) is 18.7. The Morgan fingerprint density at radius 1 is 1.38 bits per heavy atom. The van der Waals surface area contributed by atoms with Gasteiger partial charge in [0.25, 0.3) is 0 Å². The zero-order valence-corrected chi connectivity index (χ0v) is 14.3. The highest BCUT2D eigenvalue weighted by atomic mass is 79.9. The Labute approximate surface area is 145 Å². The summed E-state index contributed by atoms with van der Waals surface area (Å²) in [6, 6.07) is 2.22. The average Bonchev–Trinajstić information content (AvgIpc) is 2.58. The molecular weight excluding hydrogens is 391 g/mol. The number of nitrogens with zero attached hydrogens (tertiary/aromatic N) is 1. The lowest BCUT2D eigenvalue weighted by Gasteiger charge is -2.23. The van der Waals surface area contributed by atoms with E-state index in [0.717, 1.165) is 12.3 Å². The second-order valence-corrected chi connectivity index (χ2v) is 5.64. The molecule has 0 N–H and O–H groups in total. The number of ketones is 1. The van der Waals surface area contributed by atoms with Crippen LogP contribution in [0, 0.1) is 5.92 Å². The molecule has 1 aliphatic rings. The first-order valence-corrected chi connectivity index (χ1v) is 8.13. The number of alkyl halides is 4. The van der Waals surface area contributed by atoms with Gasteiger partial charge >= 0.3 is 6.18 Å². The fourth-order valence-corrected chi connectivity index (χ4v) is 2.53. The van der Waals surface area contributed by atoms with Crippen molar-refractivity contribution in [2.45, 2.75) is 18.9 Å². The third kappa shape index (κ3) is 4.67. The monoisotopic (exact) mass is 405 g/mol. The summed E-state index contributed by atoms with van der Waals surface area (Å²) in [4.78, 5) is 15.5. The summed E-state index contributed by atoms with van der Waals surface area (Å²) < 4.78 is 48.2. The molecule has 24 heavy (non-hydrogen) atoms. The molecule has 4 nitrogen and oxygen atoms in total. The van der Waals surface area contributed by atoms with Crippen molar-refractivity contribution >= 4 is 21.7 Å². The summed E-state index contributed by atoms with van der Waals surface area (Å²) in [5.41, 5.74) is -0.441. The van der Waals surface area contributed by atoms with Gasteiger partial charge < -0.3 is 9.47 Å². The number of halogens is 4. The number of hydrogen-bond donors (Lipinski definition) is 0. The number of carbonyl (C=O) groups excluding carboxylic acids is 1. The van der Waals surface area contributed by atoms with Crippen LogP contribution in [0.25, 0.3) is 0 Å². The lowest BCUT2D eigenvalue weighted by Crippen LogP contribution is -2.30. The van der Waals surface area contributed by atoms with Gasteiger partial charge in [0.15, 0.2) is 5.78 Å². The third-order valence-electron chi connectivity index (χ3n) is 3.46. The number of hydrogen-bond acceptors (Lipinski definition) is 4. The Morgan fingerprint density at radius 2 is 2.12 bits per heavy atom. The largest absolute Gasteiger partial charge is 0.488 e. The molecule has 2 atom stereocenters. The van der Waals surface area contributed by atoms with Crippen LogP contribution in [0.3, 0.4) is 0 Å². The van der Waals surface area contributed by atoms with Crippen LogP contribution in [0.1, 0.15) is 11.3 Å². The topological polar surface area (TPSA) is 48.4 Å². The van der Waals surface area contributed by atoms with E-state index in [0.29, 0.717) is 11.5 Å². The summed E-state index contributed by atoms with van der Waals surface area (Å²) in [5, 5.41) is 0.224. The molecule has 0 spiro atoms. The SMILES string of the molecule is CO[C@@H]1C=C(OCc2ccc(C(F)(F)F)cn2)C=CC1C(=O)CBr. The molecule has 0 aromatic carbocycles. The minimum atomic E-state index is -4.41. The van der Waals surface area contributed by atoms with Crippen LogP contribution in [0.2, 0.25) is 0 Å². The molecule has 0 saturated heterocycles. The Bertz CT molecular complexity index is 641. The molecular formula is C16H15BrF3NO3. The molecule has 2 rings (SSSR count). The Hall–Kier alpha value is -1.67. The van der Waals surface area contributed by atoms with Crippen molar-refractivity contribution < 1.29 is 27.4 Å². The number of Topliss-reactive ketones (excluding diaryl/α,β-unsaturated/α-hetero) is 1. The van der Waals surface area contributed by atoms with E-state index < -0.39 is 23.8 Å². The van der Waals surface area contributed by atoms with Crippen LogP contribution in [0.4, 0.5) is 13.2 Å². The normalized spacial score (nSPS) is 20.6. The van der Waals surface area contributed by atoms with Gasteiger partial charge in [0.2, 0.25) is 0 Å². The number of allylic oxidation sites excluding steroid dienone is 1. The predicted octanol–water partition coefficient (Wildman–Crippen LogP) is 3.67. The standard InChI is InChI=1S/C16H15BrF3NO3/c1-23-15-6-12(4-5-13(15)14(22)7-17)24-9-11-3-2-10(8-21-11)16(18,19)20/h2-6,8,13,15H,7,9H2,1H3/t13?,15-/m1/s1. The molecule has 8 heteroatoms. The molecule has 1 unspecified atom stereocenters. The summed E-state index contributed by atoms with van der Waals surface area (Å²) in [7, 11) is 1.49. The zero-order chi connectivity index (χ0) is 17.7. The van der Waals surface area contributed by atoms with E-state index in [-0.39, 0.29) is 17.7 Å². The maximum Gasteiger partial charge on any atom is 0.417 e. The van der Waals surface area contributed by atoms with E-state index in [2.05, 4.69) is 20.9 Å². The first-order chi connectivity index (χ1) is 11.3. The highest BCUT2D eigenvalue weighted by molar-refractivity contribution is 9.09. The number of methoxy groups -OCH3 is 1. The van der Waals surface area contributed by atoms with Gasteiger partial charge in [-0.05, 0) is 24.3 Å². The third-order valence-corrected chi connectivity index (χ3v) is 4.02. The van der Waals surface area contributed by atoms with Gasteiger partial charge in [-0.15, -0.1) is 0 Å². The van der Waals surface area contributed by atoms with Crippen LogP contribution >= 0.6 is 15.9 Å². The van der Waals surface area contributed by atoms with E-state index >= 15 is 0 Å². The van der Waals surface area contributed by atoms with Gasteiger partial charge in [-0.3, -0.25) is 9.78 Å². The molecule has 1 heterocycles. The molecule has 130 valence electrons. The lowest BCUT2D eigenvalue weighted by atomic mass is 9.93. The highest BCUT2D eigenvalue weighted by Gasteiger charge is 2.30. The Balaban J connectivity index is 1.98. The quantitative estimate of drug-likeness (QED) is 0.677. The molecule has 1 aromatic heterocycles. The van der Waals surface area contributed by atoms with E-state index in [1.54, 1.807) is 18.2 Å². The van der Waals surface area contributed by atoms with E-state index in [9.17, 15) is 18.0 Å². The van der Waals surface area contributed by atoms with Crippen molar-refractivity contribution in [3.63, 3.8) is 0 Å². The molecule has 1 aromatic rings. The van der Waals surface area contributed by atoms with Gasteiger partial charge in [0, 0.05) is 13.3 Å². The number of carbonyl (C=O) groups is 1. The van der Waals surface area contributed by atoms with Gasteiger partial charge in [-0.1, -0.05) is 22.0 Å². The van der Waals surface area contributed by atoms with Gasteiger partial charge in [-0.2, -0.15) is 13.2 Å². The first-order valence-electron chi connectivity index (χ1n) is 7.01. The molecule has 1 aliphatic carbocycles. The van der Waals surface area contributed by atoms with Crippen LogP contribution < -0.4 is 0 Å². The summed E-state index contributed by atoms with van der Waals surface area (Å²) >= 11 is 3.12. The molecule has 0 saturated carbocycles. The van der Waals surface area contributed by atoms with Crippen molar-refractivity contribution in [1.29, 1.82) is 0 Å². The minimum absolute atomic E-state index is 0.0157. The smallest absolute Gasteiger partial charge is 0.417 e. The second kappa shape index (κ2) is 7.94. The lowest BCUT2D eigenvalue weighted by molar-refractivity contribution is -0.137. The van der Waals surface area contributed by atoms with Crippen molar-refractivity contribution in [3.05, 3.63) is 53.6 Å². The zero-order valence-electron chi connectivity index (χ0n) is 12.7. The van der Waals surface area contributed by atoms with Crippen LogP contribution in [-0.4, -0.2) is 29.3 Å². The van der Waals surface area contributed by atoms with Crippen LogP contribution in [0.15, 0.2) is 42.3 Å². The minimum Gasteiger partial charge on any atom is -0.488 e. The van der Waals surface area contributed by atoms with E-state index in [1.165, 1.54) is 13.2 Å². The average molecular weight is 406 g/mol. The fourth-order valence-electron chi connectivity index (χ4n) is 2.15. The Morgan fingerprint density at radius 3 is 2.67 bits per heavy atom. The second-order valence-electron chi connectivity index (χ2n) is 5.08. The van der Waals surface area contributed by atoms with Crippen molar-refractivity contribution in [2.75, 3.05) is 12.4 Å². The maximum atomic E-state index is 12.5. The van der Waals surface area contributed by atoms with Gasteiger partial charge in [0.1, 0.15) is 12.4 Å². The fraction of sp³-hybridized carbons (Fsp3) is 0.375. The van der Waals surface area contributed by atoms with Gasteiger partial charge in [-0.25, -0.2) is 0 Å².